The fourth-order valence-corrected chi connectivity index (χ4v) is 1.44. The van der Waals surface area contributed by atoms with Gasteiger partial charge in [-0.1, -0.05) is 45.5 Å². The van der Waals surface area contributed by atoms with Gasteiger partial charge in [-0.25, -0.2) is 0 Å². The quantitative estimate of drug-likeness (QED) is 0.579. The van der Waals surface area contributed by atoms with E-state index in [9.17, 15) is 9.59 Å². The molecular weight excluding hydrogens is 198 g/mol. The van der Waals surface area contributed by atoms with Crippen molar-refractivity contribution in [3.8, 4) is 0 Å². The number of allylic oxidation sites excluding steroid dienone is 2. The van der Waals surface area contributed by atoms with Crippen LogP contribution in [-0.2, 0) is 4.79 Å². The van der Waals surface area contributed by atoms with E-state index in [1.54, 1.807) is 6.08 Å². The Morgan fingerprint density at radius 1 is 1.29 bits per heavy atom. The van der Waals surface area contributed by atoms with Crippen LogP contribution in [0.3, 0.4) is 0 Å². The van der Waals surface area contributed by atoms with E-state index < -0.39 is 0 Å². The van der Waals surface area contributed by atoms with E-state index in [1.807, 2.05) is 27.7 Å². The summed E-state index contributed by atoms with van der Waals surface area (Å²) in [5.74, 6) is 0.250. The van der Waals surface area contributed by atoms with Crippen LogP contribution >= 0.6 is 11.8 Å². The van der Waals surface area contributed by atoms with Crippen molar-refractivity contribution in [2.75, 3.05) is 0 Å². The fourth-order valence-electron chi connectivity index (χ4n) is 0.831. The summed E-state index contributed by atoms with van der Waals surface area (Å²) in [5.41, 5.74) is 0.346. The van der Waals surface area contributed by atoms with Crippen LogP contribution in [0.5, 0.6) is 0 Å². The average molecular weight is 215 g/mol. The van der Waals surface area contributed by atoms with Gasteiger partial charge in [0.25, 0.3) is 5.24 Å². The van der Waals surface area contributed by atoms with E-state index >= 15 is 0 Å². The Morgan fingerprint density at radius 3 is 2.21 bits per heavy atom. The molecule has 80 valence electrons. The standard InChI is InChI=1S/C10H17NO2S/c1-7(2)5-9(6-12)11-10(13)14-8(3)4/h5-8H,1-4H3,(H,11,13)/b9-5+. The first-order valence-corrected chi connectivity index (χ1v) is 5.48. The second-order valence-electron chi connectivity index (χ2n) is 3.56. The molecule has 0 aromatic heterocycles. The third kappa shape index (κ3) is 6.71. The number of carbonyl (C=O) groups is 2. The number of aldehydes is 1. The maximum atomic E-state index is 11.3. The molecular formula is C10H17NO2S. The van der Waals surface area contributed by atoms with Gasteiger partial charge in [0, 0.05) is 5.25 Å². The minimum atomic E-state index is -0.181. The van der Waals surface area contributed by atoms with Crippen LogP contribution in [0.4, 0.5) is 4.79 Å². The molecule has 0 saturated carbocycles. The molecule has 0 bridgehead atoms. The SMILES string of the molecule is CC(C)/C=C(\C=O)NC(=O)SC(C)C. The van der Waals surface area contributed by atoms with Crippen LogP contribution in [0.15, 0.2) is 11.8 Å². The molecule has 0 fully saturated rings. The molecule has 0 aliphatic carbocycles. The molecule has 0 radical (unpaired) electrons. The Hall–Kier alpha value is -0.770. The Kier molecular flexibility index (Phi) is 6.28. The number of thioether (sulfide) groups is 1. The molecule has 0 heterocycles. The fraction of sp³-hybridized carbons (Fsp3) is 0.600. The molecule has 14 heavy (non-hydrogen) atoms. The molecule has 0 spiro atoms. The van der Waals surface area contributed by atoms with E-state index in [2.05, 4.69) is 5.32 Å². The van der Waals surface area contributed by atoms with Crippen LogP contribution in [-0.4, -0.2) is 16.8 Å². The predicted octanol–water partition coefficient (Wildman–Crippen LogP) is 2.58. The maximum Gasteiger partial charge on any atom is 0.283 e. The first-order chi connectivity index (χ1) is 6.45. The molecule has 0 aromatic rings. The topological polar surface area (TPSA) is 46.2 Å². The summed E-state index contributed by atoms with van der Waals surface area (Å²) >= 11 is 1.18. The van der Waals surface area contributed by atoms with Gasteiger partial charge in [-0.3, -0.25) is 9.59 Å². The molecule has 0 atom stereocenters. The zero-order valence-electron chi connectivity index (χ0n) is 9.03. The summed E-state index contributed by atoms with van der Waals surface area (Å²) in [6.45, 7) is 7.75. The minimum Gasteiger partial charge on any atom is -0.314 e. The number of amides is 1. The zero-order chi connectivity index (χ0) is 11.1. The zero-order valence-corrected chi connectivity index (χ0v) is 9.85. The summed E-state index contributed by atoms with van der Waals surface area (Å²) in [7, 11) is 0. The highest BCUT2D eigenvalue weighted by molar-refractivity contribution is 8.14. The smallest absolute Gasteiger partial charge is 0.283 e. The molecule has 3 nitrogen and oxygen atoms in total. The van der Waals surface area contributed by atoms with Gasteiger partial charge in [-0.05, 0) is 5.92 Å². The van der Waals surface area contributed by atoms with Crippen LogP contribution in [0, 0.1) is 5.92 Å². The molecule has 0 aromatic carbocycles. The Morgan fingerprint density at radius 2 is 1.86 bits per heavy atom. The second-order valence-corrected chi connectivity index (χ2v) is 5.11. The second kappa shape index (κ2) is 6.65. The van der Waals surface area contributed by atoms with Gasteiger partial charge in [0.2, 0.25) is 0 Å². The van der Waals surface area contributed by atoms with Crippen molar-refractivity contribution in [1.82, 2.24) is 5.32 Å². The first-order valence-electron chi connectivity index (χ1n) is 4.60. The van der Waals surface area contributed by atoms with Crippen LogP contribution in [0.25, 0.3) is 0 Å². The molecule has 0 unspecified atom stereocenters. The summed E-state index contributed by atoms with van der Waals surface area (Å²) < 4.78 is 0. The monoisotopic (exact) mass is 215 g/mol. The Balaban J connectivity index is 4.19. The van der Waals surface area contributed by atoms with Crippen molar-refractivity contribution in [2.45, 2.75) is 32.9 Å². The lowest BCUT2D eigenvalue weighted by molar-refractivity contribution is -0.105. The number of hydrogen-bond donors (Lipinski definition) is 1. The van der Waals surface area contributed by atoms with E-state index in [-0.39, 0.29) is 16.4 Å². The average Bonchev–Trinajstić information content (AvgIpc) is 2.00. The summed E-state index contributed by atoms with van der Waals surface area (Å²) in [6, 6.07) is 0. The number of hydrogen-bond acceptors (Lipinski definition) is 3. The molecule has 0 rings (SSSR count). The van der Waals surface area contributed by atoms with Crippen LogP contribution in [0.2, 0.25) is 0 Å². The molecule has 0 aliphatic rings. The summed E-state index contributed by atoms with van der Waals surface area (Å²) in [5, 5.41) is 2.59. The van der Waals surface area contributed by atoms with Crippen molar-refractivity contribution < 1.29 is 9.59 Å². The molecule has 1 amide bonds. The summed E-state index contributed by atoms with van der Waals surface area (Å²) in [4.78, 5) is 21.8. The van der Waals surface area contributed by atoms with E-state index in [0.29, 0.717) is 12.0 Å². The maximum absolute atomic E-state index is 11.3. The number of carbonyl (C=O) groups excluding carboxylic acids is 2. The van der Waals surface area contributed by atoms with Crippen molar-refractivity contribution >= 4 is 23.3 Å². The highest BCUT2D eigenvalue weighted by Crippen LogP contribution is 2.10. The van der Waals surface area contributed by atoms with Crippen molar-refractivity contribution in [2.24, 2.45) is 5.92 Å². The molecule has 0 saturated heterocycles. The lowest BCUT2D eigenvalue weighted by Crippen LogP contribution is -2.20. The van der Waals surface area contributed by atoms with Gasteiger partial charge in [0.05, 0.1) is 5.70 Å². The Bertz CT molecular complexity index is 234. The van der Waals surface area contributed by atoms with Gasteiger partial charge < -0.3 is 5.32 Å². The lowest BCUT2D eigenvalue weighted by Gasteiger charge is -2.06. The van der Waals surface area contributed by atoms with Crippen LogP contribution in [0.1, 0.15) is 27.7 Å². The van der Waals surface area contributed by atoms with E-state index in [0.717, 1.165) is 0 Å². The van der Waals surface area contributed by atoms with E-state index in [4.69, 9.17) is 0 Å². The normalized spacial score (nSPS) is 12.0. The third-order valence-electron chi connectivity index (χ3n) is 1.23. The van der Waals surface area contributed by atoms with Gasteiger partial charge in [0.1, 0.15) is 0 Å². The van der Waals surface area contributed by atoms with E-state index in [1.165, 1.54) is 11.8 Å². The first kappa shape index (κ1) is 13.2. The number of rotatable bonds is 4. The van der Waals surface area contributed by atoms with Gasteiger partial charge in [-0.2, -0.15) is 0 Å². The van der Waals surface area contributed by atoms with Crippen molar-refractivity contribution in [3.63, 3.8) is 0 Å². The number of nitrogens with one attached hydrogen (secondary N) is 1. The molecule has 1 N–H and O–H groups in total. The molecule has 4 heteroatoms. The van der Waals surface area contributed by atoms with Crippen molar-refractivity contribution in [1.29, 1.82) is 0 Å². The lowest BCUT2D eigenvalue weighted by atomic mass is 10.2. The minimum absolute atomic E-state index is 0.181. The largest absolute Gasteiger partial charge is 0.314 e. The van der Waals surface area contributed by atoms with Gasteiger partial charge in [-0.15, -0.1) is 0 Å². The highest BCUT2D eigenvalue weighted by Gasteiger charge is 2.07. The molecule has 0 aliphatic heterocycles. The predicted molar refractivity (Wildman–Crippen MR) is 60.2 cm³/mol. The third-order valence-corrected chi connectivity index (χ3v) is 2.02. The summed E-state index contributed by atoms with van der Waals surface area (Å²) in [6.07, 6.45) is 2.39. The Labute approximate surface area is 89.3 Å². The van der Waals surface area contributed by atoms with Gasteiger partial charge in [0.15, 0.2) is 6.29 Å². The van der Waals surface area contributed by atoms with Crippen LogP contribution < -0.4 is 5.32 Å². The highest BCUT2D eigenvalue weighted by atomic mass is 32.2. The van der Waals surface area contributed by atoms with Crippen molar-refractivity contribution in [3.05, 3.63) is 11.8 Å². The van der Waals surface area contributed by atoms with Gasteiger partial charge >= 0.3 is 0 Å².